The molecule has 3 aliphatic heterocycles. The summed E-state index contributed by atoms with van der Waals surface area (Å²) in [6, 6.07) is 7.16. The average Bonchev–Trinajstić information content (AvgIpc) is 3.10. The summed E-state index contributed by atoms with van der Waals surface area (Å²) in [5, 5.41) is 2.87. The Kier molecular flexibility index (Phi) is 4.87. The molecular formula is C20H27NO7. The predicted molar refractivity (Wildman–Crippen MR) is 98.8 cm³/mol. The van der Waals surface area contributed by atoms with E-state index in [1.165, 1.54) is 0 Å². The van der Waals surface area contributed by atoms with Crippen molar-refractivity contribution in [2.24, 2.45) is 0 Å². The lowest BCUT2D eigenvalue weighted by Crippen LogP contribution is -2.58. The lowest BCUT2D eigenvalue weighted by molar-refractivity contribution is -0.229. The first-order valence-corrected chi connectivity index (χ1v) is 9.58. The van der Waals surface area contributed by atoms with E-state index < -0.39 is 42.3 Å². The van der Waals surface area contributed by atoms with E-state index in [1.807, 2.05) is 20.8 Å². The number of fused-ring (bicyclic) bond motifs is 3. The Labute approximate surface area is 164 Å². The summed E-state index contributed by atoms with van der Waals surface area (Å²) in [5.41, 5.74) is 0.637. The molecule has 0 radical (unpaired) electrons. The van der Waals surface area contributed by atoms with Crippen LogP contribution in [0.5, 0.6) is 5.75 Å². The third kappa shape index (κ3) is 3.75. The quantitative estimate of drug-likeness (QED) is 0.841. The topological polar surface area (TPSA) is 84.5 Å². The molecule has 0 spiro atoms. The number of anilines is 1. The number of carbonyl (C=O) groups is 1. The van der Waals surface area contributed by atoms with Gasteiger partial charge in [0.1, 0.15) is 24.1 Å². The molecule has 3 heterocycles. The molecule has 1 aromatic carbocycles. The number of nitrogens with one attached hydrogen (secondary N) is 1. The van der Waals surface area contributed by atoms with E-state index >= 15 is 0 Å². The van der Waals surface area contributed by atoms with Gasteiger partial charge in [-0.25, -0.2) is 0 Å². The minimum absolute atomic E-state index is 0.327. The molecule has 28 heavy (non-hydrogen) atoms. The third-order valence-electron chi connectivity index (χ3n) is 4.85. The molecule has 3 aliphatic rings. The van der Waals surface area contributed by atoms with E-state index in [9.17, 15) is 4.79 Å². The molecule has 1 amide bonds. The van der Waals surface area contributed by atoms with Crippen molar-refractivity contribution in [1.29, 1.82) is 0 Å². The molecule has 0 aromatic heterocycles. The molecule has 0 saturated carbocycles. The highest BCUT2D eigenvalue weighted by Crippen LogP contribution is 2.44. The summed E-state index contributed by atoms with van der Waals surface area (Å²) in [7, 11) is 0. The van der Waals surface area contributed by atoms with Crippen LogP contribution >= 0.6 is 0 Å². The Balaban J connectivity index is 1.52. The van der Waals surface area contributed by atoms with Crippen LogP contribution in [-0.4, -0.2) is 54.8 Å². The highest BCUT2D eigenvalue weighted by molar-refractivity contribution is 5.94. The largest absolute Gasteiger partial charge is 0.494 e. The lowest BCUT2D eigenvalue weighted by Gasteiger charge is -2.36. The van der Waals surface area contributed by atoms with Gasteiger partial charge in [0.25, 0.3) is 5.91 Å². The Morgan fingerprint density at radius 1 is 0.964 bits per heavy atom. The summed E-state index contributed by atoms with van der Waals surface area (Å²) in [6.07, 6.45) is -3.12. The van der Waals surface area contributed by atoms with Crippen molar-refractivity contribution >= 4 is 11.6 Å². The standard InChI is InChI=1S/C20H27NO7/c1-6-23-12-9-7-11(8-10-12)21-17(22)15-13-14(26-19(2,3)25-13)16-18(24-15)28-20(4,5)27-16/h7-10,13-16,18H,6H2,1-5H3,(H,21,22)/t13-,14-,15+,16+,18-/m0/s1. The zero-order valence-corrected chi connectivity index (χ0v) is 16.8. The van der Waals surface area contributed by atoms with Crippen LogP contribution in [0.4, 0.5) is 5.69 Å². The fourth-order valence-electron chi connectivity index (χ4n) is 3.84. The first kappa shape index (κ1) is 19.6. The monoisotopic (exact) mass is 393 g/mol. The first-order valence-electron chi connectivity index (χ1n) is 9.58. The van der Waals surface area contributed by atoms with E-state index in [2.05, 4.69) is 5.32 Å². The Morgan fingerprint density at radius 2 is 1.57 bits per heavy atom. The minimum Gasteiger partial charge on any atom is -0.494 e. The molecule has 8 heteroatoms. The zero-order valence-electron chi connectivity index (χ0n) is 16.8. The molecule has 0 unspecified atom stereocenters. The van der Waals surface area contributed by atoms with Gasteiger partial charge in [-0.05, 0) is 58.9 Å². The maximum Gasteiger partial charge on any atom is 0.256 e. The van der Waals surface area contributed by atoms with E-state index in [1.54, 1.807) is 38.1 Å². The lowest BCUT2D eigenvalue weighted by atomic mass is 9.98. The minimum atomic E-state index is -0.892. The molecule has 1 N–H and O–H groups in total. The van der Waals surface area contributed by atoms with Crippen LogP contribution in [-0.2, 0) is 28.5 Å². The maximum atomic E-state index is 13.0. The van der Waals surface area contributed by atoms with Gasteiger partial charge in [-0.2, -0.15) is 0 Å². The van der Waals surface area contributed by atoms with Crippen molar-refractivity contribution < 1.29 is 33.2 Å². The molecule has 5 atom stereocenters. The van der Waals surface area contributed by atoms with Gasteiger partial charge in [-0.1, -0.05) is 0 Å². The Morgan fingerprint density at radius 3 is 2.25 bits per heavy atom. The fraction of sp³-hybridized carbons (Fsp3) is 0.650. The normalized spacial score (nSPS) is 35.1. The van der Waals surface area contributed by atoms with Gasteiger partial charge in [0.15, 0.2) is 24.0 Å². The number of hydrogen-bond donors (Lipinski definition) is 1. The second-order valence-electron chi connectivity index (χ2n) is 8.04. The molecule has 8 nitrogen and oxygen atoms in total. The van der Waals surface area contributed by atoms with Gasteiger partial charge in [0, 0.05) is 5.69 Å². The van der Waals surface area contributed by atoms with Crippen LogP contribution in [0.25, 0.3) is 0 Å². The van der Waals surface area contributed by atoms with Gasteiger partial charge in [-0.15, -0.1) is 0 Å². The van der Waals surface area contributed by atoms with Gasteiger partial charge < -0.3 is 33.7 Å². The second-order valence-corrected chi connectivity index (χ2v) is 8.04. The van der Waals surface area contributed by atoms with Crippen LogP contribution in [0.15, 0.2) is 24.3 Å². The van der Waals surface area contributed by atoms with Gasteiger partial charge >= 0.3 is 0 Å². The molecule has 154 valence electrons. The highest BCUT2D eigenvalue weighted by Gasteiger charge is 2.62. The average molecular weight is 393 g/mol. The zero-order chi connectivity index (χ0) is 20.1. The summed E-state index contributed by atoms with van der Waals surface area (Å²) in [5.74, 6) is -1.25. The van der Waals surface area contributed by atoms with Gasteiger partial charge in [0.05, 0.1) is 6.61 Å². The van der Waals surface area contributed by atoms with Crippen molar-refractivity contribution in [1.82, 2.24) is 0 Å². The van der Waals surface area contributed by atoms with Crippen molar-refractivity contribution in [3.8, 4) is 5.75 Å². The molecule has 0 bridgehead atoms. The Bertz CT molecular complexity index is 733. The SMILES string of the molecule is CCOc1ccc(NC(=O)[C@@H]2O[C@H]3OC(C)(C)O[C@@H]3[C@H]3OC(C)(C)O[C@@H]32)cc1. The molecular weight excluding hydrogens is 366 g/mol. The smallest absolute Gasteiger partial charge is 0.256 e. The van der Waals surface area contributed by atoms with Crippen molar-refractivity contribution in [3.63, 3.8) is 0 Å². The molecule has 0 aliphatic carbocycles. The molecule has 1 aromatic rings. The van der Waals surface area contributed by atoms with Crippen LogP contribution in [0.1, 0.15) is 34.6 Å². The highest BCUT2D eigenvalue weighted by atomic mass is 16.9. The van der Waals surface area contributed by atoms with E-state index in [-0.39, 0.29) is 5.91 Å². The van der Waals surface area contributed by atoms with Gasteiger partial charge in [-0.3, -0.25) is 4.79 Å². The number of amides is 1. The van der Waals surface area contributed by atoms with Crippen LogP contribution in [0.2, 0.25) is 0 Å². The van der Waals surface area contributed by atoms with E-state index in [4.69, 9.17) is 28.4 Å². The number of benzene rings is 1. The van der Waals surface area contributed by atoms with Crippen LogP contribution < -0.4 is 10.1 Å². The number of ether oxygens (including phenoxy) is 6. The fourth-order valence-corrected chi connectivity index (χ4v) is 3.84. The van der Waals surface area contributed by atoms with Crippen LogP contribution in [0, 0.1) is 0 Å². The van der Waals surface area contributed by atoms with Crippen molar-refractivity contribution in [3.05, 3.63) is 24.3 Å². The van der Waals surface area contributed by atoms with E-state index in [0.29, 0.717) is 12.3 Å². The molecule has 3 fully saturated rings. The van der Waals surface area contributed by atoms with Crippen LogP contribution in [0.3, 0.4) is 0 Å². The predicted octanol–water partition coefficient (Wildman–Crippen LogP) is 2.42. The maximum absolute atomic E-state index is 13.0. The number of carbonyl (C=O) groups excluding carboxylic acids is 1. The van der Waals surface area contributed by atoms with Crippen molar-refractivity contribution in [2.75, 3.05) is 11.9 Å². The summed E-state index contributed by atoms with van der Waals surface area (Å²) < 4.78 is 35.2. The number of hydrogen-bond acceptors (Lipinski definition) is 7. The molecule has 3 saturated heterocycles. The summed E-state index contributed by atoms with van der Waals surface area (Å²) in [4.78, 5) is 13.0. The first-order chi connectivity index (χ1) is 13.2. The number of rotatable bonds is 4. The van der Waals surface area contributed by atoms with E-state index in [0.717, 1.165) is 5.75 Å². The second kappa shape index (κ2) is 6.96. The summed E-state index contributed by atoms with van der Waals surface area (Å²) in [6.45, 7) is 9.73. The Hall–Kier alpha value is -1.71. The van der Waals surface area contributed by atoms with Gasteiger partial charge in [0.2, 0.25) is 0 Å². The molecule has 4 rings (SSSR count). The van der Waals surface area contributed by atoms with Crippen molar-refractivity contribution in [2.45, 2.75) is 76.9 Å². The summed E-state index contributed by atoms with van der Waals surface area (Å²) >= 11 is 0. The third-order valence-corrected chi connectivity index (χ3v) is 4.85.